The Kier molecular flexibility index (Phi) is 18.4. The number of amides is 5. The minimum absolute atomic E-state index is 0.00473. The molecular weight excluding hydrogens is 875 g/mol. The van der Waals surface area contributed by atoms with Crippen molar-refractivity contribution >= 4 is 63.2 Å². The third-order valence-electron chi connectivity index (χ3n) is 10.3. The number of hydrogen-bond donors (Lipinski definition) is 6. The summed E-state index contributed by atoms with van der Waals surface area (Å²) in [6.07, 6.45) is -2.76. The molecule has 1 aliphatic carbocycles. The highest BCUT2D eigenvalue weighted by atomic mass is 33.1. The van der Waals surface area contributed by atoms with Gasteiger partial charge in [0.25, 0.3) is 0 Å². The average molecular weight is 936 g/mol. The predicted octanol–water partition coefficient (Wildman–Crippen LogP) is 5.38. The number of rotatable bonds is 21. The molecule has 6 atom stereocenters. The Morgan fingerprint density at radius 2 is 1.23 bits per heavy atom. The first-order valence-corrected chi connectivity index (χ1v) is 23.5. The maximum absolute atomic E-state index is 14.3. The van der Waals surface area contributed by atoms with Gasteiger partial charge in [0.05, 0.1) is 18.1 Å². The van der Waals surface area contributed by atoms with Crippen molar-refractivity contribution in [2.45, 2.75) is 121 Å². The van der Waals surface area contributed by atoms with E-state index in [1.54, 1.807) is 58.0 Å². The molecule has 4 rings (SSSR count). The molecule has 0 fully saturated rings. The topological polar surface area (TPSA) is 230 Å². The zero-order chi connectivity index (χ0) is 48.2. The summed E-state index contributed by atoms with van der Waals surface area (Å²) in [5.41, 5.74) is 4.01. The monoisotopic (exact) mass is 935 g/mol. The van der Waals surface area contributed by atoms with E-state index in [1.807, 2.05) is 69.3 Å². The van der Waals surface area contributed by atoms with Crippen molar-refractivity contribution in [1.29, 1.82) is 0 Å². The number of ether oxygens (including phenoxy) is 2. The molecule has 0 unspecified atom stereocenters. The van der Waals surface area contributed by atoms with Gasteiger partial charge in [0.2, 0.25) is 23.6 Å². The van der Waals surface area contributed by atoms with Gasteiger partial charge in [-0.1, -0.05) is 121 Å². The van der Waals surface area contributed by atoms with Gasteiger partial charge in [0.15, 0.2) is 0 Å². The van der Waals surface area contributed by atoms with Gasteiger partial charge < -0.3 is 45.9 Å². The van der Waals surface area contributed by atoms with Crippen LogP contribution in [0.3, 0.4) is 0 Å². The summed E-state index contributed by atoms with van der Waals surface area (Å²) in [5, 5.41) is 29.1. The summed E-state index contributed by atoms with van der Waals surface area (Å²) in [6.45, 7) is 14.4. The molecule has 3 aromatic carbocycles. The summed E-state index contributed by atoms with van der Waals surface area (Å²) in [4.78, 5) is 93.9. The highest BCUT2D eigenvalue weighted by molar-refractivity contribution is 8.77. The lowest BCUT2D eigenvalue weighted by Gasteiger charge is -2.34. The summed E-state index contributed by atoms with van der Waals surface area (Å²) in [7, 11) is 4.13. The highest BCUT2D eigenvalue weighted by Crippen LogP contribution is 2.44. The van der Waals surface area contributed by atoms with Crippen LogP contribution in [-0.4, -0.2) is 123 Å². The summed E-state index contributed by atoms with van der Waals surface area (Å²) >= 11 is 0. The quantitative estimate of drug-likeness (QED) is 0.0739. The molecule has 0 saturated carbocycles. The maximum atomic E-state index is 14.3. The number of likely N-dealkylation sites (N-methyl/N-ethyl adjacent to an activating group) is 1. The number of carboxylic acid groups (broad SMARTS) is 2. The Labute approximate surface area is 388 Å². The van der Waals surface area contributed by atoms with E-state index >= 15 is 0 Å². The molecule has 0 spiro atoms. The van der Waals surface area contributed by atoms with Crippen molar-refractivity contribution in [3.63, 3.8) is 0 Å². The van der Waals surface area contributed by atoms with Crippen LogP contribution in [0.4, 0.5) is 4.79 Å². The fraction of sp³-hybridized carbons (Fsp3) is 0.468. The van der Waals surface area contributed by atoms with Crippen LogP contribution in [0.2, 0.25) is 0 Å². The number of alkyl carbamates (subject to hydrolysis) is 1. The van der Waals surface area contributed by atoms with Gasteiger partial charge in [0.1, 0.15) is 36.8 Å². The Morgan fingerprint density at radius 3 is 1.77 bits per heavy atom. The van der Waals surface area contributed by atoms with E-state index in [0.29, 0.717) is 5.56 Å². The lowest BCUT2D eigenvalue weighted by molar-refractivity contribution is -0.147. The number of nitrogens with one attached hydrogen (secondary N) is 4. The van der Waals surface area contributed by atoms with E-state index in [4.69, 9.17) is 9.47 Å². The maximum Gasteiger partial charge on any atom is 0.407 e. The van der Waals surface area contributed by atoms with Crippen LogP contribution in [0.25, 0.3) is 11.1 Å². The van der Waals surface area contributed by atoms with Gasteiger partial charge in [-0.2, -0.15) is 0 Å². The van der Waals surface area contributed by atoms with Crippen LogP contribution < -0.4 is 21.3 Å². The van der Waals surface area contributed by atoms with Crippen LogP contribution in [-0.2, 0) is 44.7 Å². The fourth-order valence-corrected chi connectivity index (χ4v) is 9.56. The summed E-state index contributed by atoms with van der Waals surface area (Å²) in [5.74, 6) is -6.39. The Morgan fingerprint density at radius 1 is 0.708 bits per heavy atom. The molecule has 18 heteroatoms. The van der Waals surface area contributed by atoms with Crippen LogP contribution in [0, 0.1) is 0 Å². The van der Waals surface area contributed by atoms with Gasteiger partial charge >= 0.3 is 18.0 Å². The number of fused-ring (bicyclic) bond motifs is 3. The molecule has 0 heterocycles. The number of carbonyl (C=O) groups is 7. The summed E-state index contributed by atoms with van der Waals surface area (Å²) < 4.78 is 11.7. The van der Waals surface area contributed by atoms with Gasteiger partial charge in [-0.05, 0) is 62.4 Å². The van der Waals surface area contributed by atoms with Crippen molar-refractivity contribution in [1.82, 2.24) is 26.2 Å². The van der Waals surface area contributed by atoms with Crippen molar-refractivity contribution in [2.75, 3.05) is 19.4 Å². The second-order valence-electron chi connectivity index (χ2n) is 17.8. The van der Waals surface area contributed by atoms with Crippen molar-refractivity contribution < 1.29 is 53.2 Å². The zero-order valence-electron chi connectivity index (χ0n) is 38.2. The van der Waals surface area contributed by atoms with E-state index in [9.17, 15) is 43.8 Å². The molecule has 0 radical (unpaired) electrons. The lowest BCUT2D eigenvalue weighted by Crippen LogP contribution is -2.60. The molecule has 16 nitrogen and oxygen atoms in total. The van der Waals surface area contributed by atoms with Crippen LogP contribution in [0.1, 0.15) is 84.4 Å². The van der Waals surface area contributed by atoms with E-state index in [-0.39, 0.29) is 29.4 Å². The number of carbonyl (C=O) groups excluding carboxylic acids is 5. The Hall–Kier alpha value is -5.59. The second kappa shape index (κ2) is 23.0. The molecule has 1 aliphatic rings. The van der Waals surface area contributed by atoms with Crippen molar-refractivity contribution in [3.05, 3.63) is 95.6 Å². The third kappa shape index (κ3) is 15.5. The molecular formula is C47H61N5O11S2. The fourth-order valence-electron chi connectivity index (χ4n) is 7.09. The first kappa shape index (κ1) is 52.0. The lowest BCUT2D eigenvalue weighted by atomic mass is 9.98. The molecule has 0 aliphatic heterocycles. The van der Waals surface area contributed by atoms with Gasteiger partial charge in [-0.15, -0.1) is 0 Å². The van der Waals surface area contributed by atoms with Crippen molar-refractivity contribution in [2.24, 2.45) is 0 Å². The van der Waals surface area contributed by atoms with E-state index < -0.39 is 90.0 Å². The zero-order valence-corrected chi connectivity index (χ0v) is 39.8. The van der Waals surface area contributed by atoms with E-state index in [0.717, 1.165) is 27.2 Å². The van der Waals surface area contributed by atoms with Crippen LogP contribution >= 0.6 is 21.6 Å². The number of carboxylic acids is 2. The van der Waals surface area contributed by atoms with Gasteiger partial charge in [-0.3, -0.25) is 24.0 Å². The predicted molar refractivity (Wildman–Crippen MR) is 250 cm³/mol. The minimum atomic E-state index is -1.78. The molecule has 65 heavy (non-hydrogen) atoms. The number of aliphatic carboxylic acids is 2. The average Bonchev–Trinajstić information content (AvgIpc) is 3.55. The SMILES string of the molecule is C[C@@H](OC(C)(C)C)[C@H](NC(=O)OCC1c2ccccc2-c2ccccc21)C(=O)N(C)[C@@H](C)C(=O)N[C@@H](CSSC(C)(C)C)C(=O)N[C@@H](Cc1ccccc1)C(=O)N[C@@H](CC(=O)O)C(=O)O. The molecule has 352 valence electrons. The smallest absolute Gasteiger partial charge is 0.407 e. The number of nitrogens with zero attached hydrogens (tertiary/aromatic N) is 1. The second-order valence-corrected chi connectivity index (χ2v) is 21.0. The van der Waals surface area contributed by atoms with E-state index in [2.05, 4.69) is 21.3 Å². The van der Waals surface area contributed by atoms with Crippen molar-refractivity contribution in [3.8, 4) is 11.1 Å². The first-order valence-electron chi connectivity index (χ1n) is 21.2. The van der Waals surface area contributed by atoms with Crippen LogP contribution in [0.5, 0.6) is 0 Å². The Bertz CT molecular complexity index is 2130. The highest BCUT2D eigenvalue weighted by Gasteiger charge is 2.38. The molecule has 6 N–H and O–H groups in total. The van der Waals surface area contributed by atoms with Gasteiger partial charge in [0, 0.05) is 29.9 Å². The minimum Gasteiger partial charge on any atom is -0.481 e. The number of hydrogen-bond acceptors (Lipinski definition) is 11. The van der Waals surface area contributed by atoms with Crippen LogP contribution in [0.15, 0.2) is 78.9 Å². The molecule has 0 bridgehead atoms. The van der Waals surface area contributed by atoms with Gasteiger partial charge in [-0.25, -0.2) is 9.59 Å². The standard InChI is InChI=1S/C47H61N5O11S2/c1-27(52(9)43(58)39(28(2)63-46(3,4)5)51-45(61)62-25-34-32-21-15-13-19-30(32)31-20-14-16-22-33(31)34)40(55)50-37(26-64-65-47(6,7)8)42(57)48-35(23-29-17-11-10-12-18-29)41(56)49-36(44(59)60)24-38(53)54/h10-22,27-28,34-37,39H,23-26H2,1-9H3,(H,48,57)(H,49,56)(H,50,55)(H,51,61)(H,53,54)(H,59,60)/t27-,28+,35-,36-,37-,39-/m0/s1. The normalized spacial score (nSPS) is 15.1. The molecule has 3 aromatic rings. The number of benzene rings is 3. The first-order chi connectivity index (χ1) is 30.5. The molecule has 0 aromatic heterocycles. The molecule has 5 amide bonds. The largest absolute Gasteiger partial charge is 0.481 e. The third-order valence-corrected chi connectivity index (χ3v) is 13.6. The molecule has 0 saturated heterocycles. The van der Waals surface area contributed by atoms with E-state index in [1.165, 1.54) is 35.6 Å². The Balaban J connectivity index is 1.53. The summed E-state index contributed by atoms with van der Waals surface area (Å²) in [6, 6.07) is 17.4.